The molecule has 1 amide bonds. The van der Waals surface area contributed by atoms with Crippen molar-refractivity contribution in [3.05, 3.63) is 36.4 Å². The Kier molecular flexibility index (Phi) is 5.42. The first-order valence-corrected chi connectivity index (χ1v) is 9.09. The Hall–Kier alpha value is -2.42. The number of nitrogens with one attached hydrogen (secondary N) is 2. The SMILES string of the molecule is CSCCC(NC(=O)CCn1cnnn1)c1nc2ccccc2[nH]1. The fourth-order valence-corrected chi connectivity index (χ4v) is 2.89. The molecule has 3 aromatic rings. The summed E-state index contributed by atoms with van der Waals surface area (Å²) in [5.41, 5.74) is 1.88. The second-order valence-corrected chi connectivity index (χ2v) is 6.35. The number of aryl methyl sites for hydroxylation is 1. The number of H-pyrrole nitrogens is 1. The molecule has 3 rings (SSSR count). The lowest BCUT2D eigenvalue weighted by atomic mass is 10.2. The van der Waals surface area contributed by atoms with Crippen molar-refractivity contribution in [3.63, 3.8) is 0 Å². The van der Waals surface area contributed by atoms with Gasteiger partial charge >= 0.3 is 0 Å². The molecule has 0 saturated heterocycles. The number of thioether (sulfide) groups is 1. The van der Waals surface area contributed by atoms with Crippen LogP contribution in [0.5, 0.6) is 0 Å². The van der Waals surface area contributed by atoms with Gasteiger partial charge in [0.1, 0.15) is 12.2 Å². The van der Waals surface area contributed by atoms with Gasteiger partial charge in [-0.25, -0.2) is 9.67 Å². The highest BCUT2D eigenvalue weighted by molar-refractivity contribution is 7.98. The van der Waals surface area contributed by atoms with Crippen LogP contribution in [0.4, 0.5) is 0 Å². The van der Waals surface area contributed by atoms with Crippen LogP contribution in [0.15, 0.2) is 30.6 Å². The largest absolute Gasteiger partial charge is 0.346 e. The van der Waals surface area contributed by atoms with Gasteiger partial charge in [-0.15, -0.1) is 5.10 Å². The van der Waals surface area contributed by atoms with Gasteiger partial charge in [-0.3, -0.25) is 4.79 Å². The van der Waals surface area contributed by atoms with E-state index in [1.54, 1.807) is 11.8 Å². The average molecular weight is 345 g/mol. The lowest BCUT2D eigenvalue weighted by molar-refractivity contribution is -0.122. The summed E-state index contributed by atoms with van der Waals surface area (Å²) < 4.78 is 1.54. The molecular weight excluding hydrogens is 326 g/mol. The molecule has 126 valence electrons. The van der Waals surface area contributed by atoms with Crippen LogP contribution in [0.1, 0.15) is 24.7 Å². The lowest BCUT2D eigenvalue weighted by Gasteiger charge is -2.16. The molecular formula is C15H19N7OS. The number of hydrogen-bond donors (Lipinski definition) is 2. The highest BCUT2D eigenvalue weighted by Gasteiger charge is 2.18. The topological polar surface area (TPSA) is 101 Å². The van der Waals surface area contributed by atoms with Crippen LogP contribution in [0.3, 0.4) is 0 Å². The Morgan fingerprint density at radius 3 is 3.04 bits per heavy atom. The first kappa shape index (κ1) is 16.4. The first-order chi connectivity index (χ1) is 11.8. The van der Waals surface area contributed by atoms with Crippen LogP contribution in [-0.4, -0.2) is 48.1 Å². The van der Waals surface area contributed by atoms with Gasteiger partial charge in [0.25, 0.3) is 0 Å². The van der Waals surface area contributed by atoms with E-state index in [2.05, 4.69) is 37.1 Å². The van der Waals surface area contributed by atoms with E-state index >= 15 is 0 Å². The number of aromatic nitrogens is 6. The molecule has 2 heterocycles. The maximum absolute atomic E-state index is 12.3. The molecule has 24 heavy (non-hydrogen) atoms. The van der Waals surface area contributed by atoms with Crippen molar-refractivity contribution in [2.24, 2.45) is 0 Å². The molecule has 0 spiro atoms. The zero-order valence-corrected chi connectivity index (χ0v) is 14.2. The van der Waals surface area contributed by atoms with Crippen LogP contribution >= 0.6 is 11.8 Å². The number of benzene rings is 1. The molecule has 9 heteroatoms. The van der Waals surface area contributed by atoms with Gasteiger partial charge in [0.2, 0.25) is 5.91 Å². The Morgan fingerprint density at radius 1 is 1.42 bits per heavy atom. The van der Waals surface area contributed by atoms with Crippen molar-refractivity contribution in [1.82, 2.24) is 35.5 Å². The molecule has 0 aliphatic carbocycles. The maximum Gasteiger partial charge on any atom is 0.222 e. The minimum absolute atomic E-state index is 0.0444. The number of tetrazole rings is 1. The number of carbonyl (C=O) groups is 1. The maximum atomic E-state index is 12.3. The van der Waals surface area contributed by atoms with Crippen molar-refractivity contribution in [1.29, 1.82) is 0 Å². The predicted molar refractivity (Wildman–Crippen MR) is 92.4 cm³/mol. The third-order valence-electron chi connectivity index (χ3n) is 3.64. The fourth-order valence-electron chi connectivity index (χ4n) is 2.42. The number of amides is 1. The Labute approximate surface area is 143 Å². The van der Waals surface area contributed by atoms with Gasteiger partial charge in [0.15, 0.2) is 0 Å². The monoisotopic (exact) mass is 345 g/mol. The van der Waals surface area contributed by atoms with Crippen molar-refractivity contribution in [2.45, 2.75) is 25.4 Å². The normalized spacial score (nSPS) is 12.4. The zero-order chi connectivity index (χ0) is 16.8. The van der Waals surface area contributed by atoms with Gasteiger partial charge < -0.3 is 10.3 Å². The van der Waals surface area contributed by atoms with Gasteiger partial charge in [0.05, 0.1) is 23.6 Å². The van der Waals surface area contributed by atoms with Gasteiger partial charge in [-0.2, -0.15) is 11.8 Å². The fraction of sp³-hybridized carbons (Fsp3) is 0.400. The number of rotatable bonds is 8. The van der Waals surface area contributed by atoms with E-state index in [1.807, 2.05) is 24.3 Å². The van der Waals surface area contributed by atoms with E-state index in [4.69, 9.17) is 0 Å². The van der Waals surface area contributed by atoms with Crippen molar-refractivity contribution in [3.8, 4) is 0 Å². The van der Waals surface area contributed by atoms with Crippen LogP contribution < -0.4 is 5.32 Å². The highest BCUT2D eigenvalue weighted by atomic mass is 32.2. The number of fused-ring (bicyclic) bond motifs is 1. The van der Waals surface area contributed by atoms with E-state index in [1.165, 1.54) is 11.0 Å². The van der Waals surface area contributed by atoms with Crippen LogP contribution in [-0.2, 0) is 11.3 Å². The molecule has 0 radical (unpaired) electrons. The molecule has 0 aliphatic heterocycles. The van der Waals surface area contributed by atoms with Gasteiger partial charge in [-0.05, 0) is 41.0 Å². The Balaban J connectivity index is 1.67. The molecule has 0 fully saturated rings. The zero-order valence-electron chi connectivity index (χ0n) is 13.3. The summed E-state index contributed by atoms with van der Waals surface area (Å²) in [5, 5.41) is 13.9. The Bertz CT molecular complexity index is 753. The molecule has 1 atom stereocenters. The third kappa shape index (κ3) is 4.10. The average Bonchev–Trinajstić information content (AvgIpc) is 3.25. The standard InChI is InChI=1S/C15H19N7OS/c1-24-9-7-13(15-18-11-4-2-3-5-12(11)19-15)17-14(23)6-8-22-10-16-20-21-22/h2-5,10,13H,6-9H2,1H3,(H,17,23)(H,18,19). The second-order valence-electron chi connectivity index (χ2n) is 5.36. The lowest BCUT2D eigenvalue weighted by Crippen LogP contribution is -2.30. The van der Waals surface area contributed by atoms with Crippen LogP contribution in [0, 0.1) is 0 Å². The number of carbonyl (C=O) groups excluding carboxylic acids is 1. The van der Waals surface area contributed by atoms with E-state index in [-0.39, 0.29) is 11.9 Å². The van der Waals surface area contributed by atoms with Gasteiger partial charge in [0, 0.05) is 6.42 Å². The molecule has 2 N–H and O–H groups in total. The van der Waals surface area contributed by atoms with E-state index < -0.39 is 0 Å². The van der Waals surface area contributed by atoms with E-state index in [0.717, 1.165) is 29.0 Å². The predicted octanol–water partition coefficient (Wildman–Crippen LogP) is 1.55. The smallest absolute Gasteiger partial charge is 0.222 e. The molecule has 0 aliphatic rings. The minimum atomic E-state index is -0.133. The molecule has 8 nitrogen and oxygen atoms in total. The number of hydrogen-bond acceptors (Lipinski definition) is 6. The second kappa shape index (κ2) is 7.91. The van der Waals surface area contributed by atoms with E-state index in [9.17, 15) is 4.79 Å². The summed E-state index contributed by atoms with van der Waals surface area (Å²) in [4.78, 5) is 20.2. The first-order valence-electron chi connectivity index (χ1n) is 7.70. The number of nitrogens with zero attached hydrogens (tertiary/aromatic N) is 5. The Morgan fingerprint density at radius 2 is 2.29 bits per heavy atom. The summed E-state index contributed by atoms with van der Waals surface area (Å²) in [7, 11) is 0. The molecule has 1 unspecified atom stereocenters. The summed E-state index contributed by atoms with van der Waals surface area (Å²) >= 11 is 1.75. The summed E-state index contributed by atoms with van der Waals surface area (Å²) in [6.07, 6.45) is 4.69. The van der Waals surface area contributed by atoms with Crippen LogP contribution in [0.25, 0.3) is 11.0 Å². The highest BCUT2D eigenvalue weighted by Crippen LogP contribution is 2.20. The van der Waals surface area contributed by atoms with Gasteiger partial charge in [-0.1, -0.05) is 12.1 Å². The molecule has 0 bridgehead atoms. The third-order valence-corrected chi connectivity index (χ3v) is 4.29. The molecule has 2 aromatic heterocycles. The number of aromatic amines is 1. The van der Waals surface area contributed by atoms with Crippen molar-refractivity contribution >= 4 is 28.7 Å². The number of imidazole rings is 1. The van der Waals surface area contributed by atoms with E-state index in [0.29, 0.717) is 13.0 Å². The van der Waals surface area contributed by atoms with Crippen LogP contribution in [0.2, 0.25) is 0 Å². The summed E-state index contributed by atoms with van der Waals surface area (Å²) in [5.74, 6) is 1.69. The quantitative estimate of drug-likeness (QED) is 0.642. The summed E-state index contributed by atoms with van der Waals surface area (Å²) in [6.45, 7) is 0.453. The van der Waals surface area contributed by atoms with Crippen molar-refractivity contribution in [2.75, 3.05) is 12.0 Å². The molecule has 1 aromatic carbocycles. The molecule has 0 saturated carbocycles. The minimum Gasteiger partial charge on any atom is -0.346 e. The number of para-hydroxylation sites is 2. The summed E-state index contributed by atoms with van der Waals surface area (Å²) in [6, 6.07) is 7.73. The van der Waals surface area contributed by atoms with Crippen molar-refractivity contribution < 1.29 is 4.79 Å².